The topological polar surface area (TPSA) is 130 Å². The third-order valence-electron chi connectivity index (χ3n) is 2.59. The molecule has 0 bridgehead atoms. The van der Waals surface area contributed by atoms with Crippen LogP contribution in [0.4, 0.5) is 0 Å². The van der Waals surface area contributed by atoms with Gasteiger partial charge in [0.15, 0.2) is 0 Å². The summed E-state index contributed by atoms with van der Waals surface area (Å²) in [5.41, 5.74) is 0. The van der Waals surface area contributed by atoms with E-state index in [0.29, 0.717) is 13.2 Å². The van der Waals surface area contributed by atoms with Gasteiger partial charge in [0.25, 0.3) is 0 Å². The predicted molar refractivity (Wildman–Crippen MR) is 59.6 cm³/mol. The molecule has 0 aromatic rings. The van der Waals surface area contributed by atoms with Crippen LogP contribution in [0.5, 0.6) is 0 Å². The van der Waals surface area contributed by atoms with Crippen LogP contribution in [0.1, 0.15) is 19.3 Å². The number of hydrogen-bond donors (Lipinski definition) is 3. The van der Waals surface area contributed by atoms with Crippen molar-refractivity contribution in [3.8, 4) is 0 Å². The molecular formula is C9H15NO7S. The summed E-state index contributed by atoms with van der Waals surface area (Å²) in [4.78, 5) is 21.2. The number of hydrogen-bond acceptors (Lipinski definition) is 5. The van der Waals surface area contributed by atoms with Crippen LogP contribution in [0.2, 0.25) is 0 Å². The van der Waals surface area contributed by atoms with E-state index in [9.17, 15) is 18.0 Å². The first kappa shape index (κ1) is 14.9. The fraction of sp³-hybridized carbons (Fsp3) is 0.778. The zero-order valence-corrected chi connectivity index (χ0v) is 10.4. The van der Waals surface area contributed by atoms with Gasteiger partial charge >= 0.3 is 11.9 Å². The molecule has 1 rings (SSSR count). The van der Waals surface area contributed by atoms with Crippen LogP contribution >= 0.6 is 0 Å². The molecule has 1 aliphatic heterocycles. The van der Waals surface area contributed by atoms with Gasteiger partial charge in [-0.2, -0.15) is 0 Å². The molecule has 0 aromatic heterocycles. The number of ether oxygens (including phenoxy) is 1. The highest BCUT2D eigenvalue weighted by molar-refractivity contribution is 7.90. The van der Waals surface area contributed by atoms with E-state index in [1.54, 1.807) is 0 Å². The van der Waals surface area contributed by atoms with Crippen molar-refractivity contribution in [2.45, 2.75) is 30.6 Å². The molecule has 0 aromatic carbocycles. The van der Waals surface area contributed by atoms with Gasteiger partial charge in [0.05, 0.1) is 11.7 Å². The van der Waals surface area contributed by atoms with Gasteiger partial charge in [-0.15, -0.1) is 0 Å². The van der Waals surface area contributed by atoms with Crippen LogP contribution in [0.25, 0.3) is 0 Å². The first-order valence-corrected chi connectivity index (χ1v) is 6.91. The molecule has 18 heavy (non-hydrogen) atoms. The summed E-state index contributed by atoms with van der Waals surface area (Å²) in [5, 5.41) is 16.6. The van der Waals surface area contributed by atoms with E-state index in [0.717, 1.165) is 0 Å². The lowest BCUT2D eigenvalue weighted by molar-refractivity contribution is -0.145. The number of nitrogens with one attached hydrogen (secondary N) is 1. The van der Waals surface area contributed by atoms with Crippen LogP contribution in [-0.4, -0.2) is 55.1 Å². The number of aliphatic carboxylic acids is 2. The highest BCUT2D eigenvalue weighted by atomic mass is 32.2. The maximum atomic E-state index is 11.9. The molecule has 0 aliphatic carbocycles. The zero-order valence-electron chi connectivity index (χ0n) is 9.53. The summed E-state index contributed by atoms with van der Waals surface area (Å²) in [5.74, 6) is -2.88. The minimum absolute atomic E-state index is 0.273. The maximum Gasteiger partial charge on any atom is 0.322 e. The fourth-order valence-electron chi connectivity index (χ4n) is 1.63. The Kier molecular flexibility index (Phi) is 5.05. The largest absolute Gasteiger partial charge is 0.481 e. The minimum atomic E-state index is -3.85. The van der Waals surface area contributed by atoms with Crippen molar-refractivity contribution >= 4 is 22.0 Å². The van der Waals surface area contributed by atoms with Crippen molar-refractivity contribution in [1.82, 2.24) is 4.72 Å². The van der Waals surface area contributed by atoms with Crippen LogP contribution in [-0.2, 0) is 24.3 Å². The summed E-state index contributed by atoms with van der Waals surface area (Å²) in [7, 11) is -3.85. The highest BCUT2D eigenvalue weighted by Gasteiger charge is 2.33. The molecule has 0 amide bonds. The van der Waals surface area contributed by atoms with E-state index in [1.807, 2.05) is 4.72 Å². The number of rotatable bonds is 6. The van der Waals surface area contributed by atoms with Crippen LogP contribution in [0, 0.1) is 0 Å². The Labute approximate surface area is 104 Å². The molecular weight excluding hydrogens is 266 g/mol. The van der Waals surface area contributed by atoms with E-state index in [2.05, 4.69) is 0 Å². The summed E-state index contributed by atoms with van der Waals surface area (Å²) >= 11 is 0. The van der Waals surface area contributed by atoms with E-state index in [4.69, 9.17) is 14.9 Å². The second-order valence-corrected chi connectivity index (χ2v) is 5.96. The molecule has 9 heteroatoms. The Morgan fingerprint density at radius 1 is 1.28 bits per heavy atom. The zero-order chi connectivity index (χ0) is 13.8. The number of carboxylic acid groups (broad SMARTS) is 2. The predicted octanol–water partition coefficient (Wildman–Crippen LogP) is -0.987. The number of carboxylic acids is 2. The summed E-state index contributed by atoms with van der Waals surface area (Å²) < 4.78 is 30.7. The average Bonchev–Trinajstić information content (AvgIpc) is 2.28. The lowest BCUT2D eigenvalue weighted by atomic mass is 10.2. The van der Waals surface area contributed by atoms with Gasteiger partial charge in [-0.3, -0.25) is 9.59 Å². The summed E-state index contributed by atoms with van der Waals surface area (Å²) in [6, 6.07) is -1.64. The molecule has 0 saturated carbocycles. The van der Waals surface area contributed by atoms with Crippen LogP contribution in [0.3, 0.4) is 0 Å². The van der Waals surface area contributed by atoms with E-state index in [-0.39, 0.29) is 12.8 Å². The molecule has 8 nitrogen and oxygen atoms in total. The van der Waals surface area contributed by atoms with Crippen LogP contribution < -0.4 is 4.72 Å². The lowest BCUT2D eigenvalue weighted by Crippen LogP contribution is -2.47. The third kappa shape index (κ3) is 4.24. The molecule has 0 unspecified atom stereocenters. The normalized spacial score (nSPS) is 19.3. The monoisotopic (exact) mass is 281 g/mol. The Balaban J connectivity index is 2.71. The smallest absolute Gasteiger partial charge is 0.322 e. The van der Waals surface area contributed by atoms with Gasteiger partial charge in [0.1, 0.15) is 6.04 Å². The molecule has 104 valence electrons. The molecule has 3 N–H and O–H groups in total. The standard InChI is InChI=1S/C9H15NO7S/c11-8(12)5-7(9(13)14)10-18(15,16)6-1-3-17-4-2-6/h6-7,10H,1-5H2,(H,11,12)(H,13,14)/t7-/m1/s1. The fourth-order valence-corrected chi connectivity index (χ4v) is 3.22. The average molecular weight is 281 g/mol. The first-order chi connectivity index (χ1) is 8.33. The van der Waals surface area contributed by atoms with Crippen molar-refractivity contribution < 1.29 is 33.0 Å². The maximum absolute atomic E-state index is 11.9. The molecule has 1 saturated heterocycles. The number of sulfonamides is 1. The van der Waals surface area contributed by atoms with Crippen molar-refractivity contribution in [2.24, 2.45) is 0 Å². The molecule has 0 spiro atoms. The second kappa shape index (κ2) is 6.12. The molecule has 1 heterocycles. The summed E-state index contributed by atoms with van der Waals surface area (Å²) in [6.07, 6.45) is -0.249. The summed E-state index contributed by atoms with van der Waals surface area (Å²) in [6.45, 7) is 0.588. The van der Waals surface area contributed by atoms with Crippen molar-refractivity contribution in [3.05, 3.63) is 0 Å². The van der Waals surface area contributed by atoms with E-state index < -0.39 is 39.7 Å². The molecule has 1 fully saturated rings. The quantitative estimate of drug-likeness (QED) is 0.570. The Morgan fingerprint density at radius 2 is 1.83 bits per heavy atom. The molecule has 0 radical (unpaired) electrons. The van der Waals surface area contributed by atoms with Gasteiger partial charge in [-0.1, -0.05) is 0 Å². The molecule has 1 aliphatic rings. The number of carbonyl (C=O) groups is 2. The van der Waals surface area contributed by atoms with Crippen molar-refractivity contribution in [1.29, 1.82) is 0 Å². The van der Waals surface area contributed by atoms with E-state index in [1.165, 1.54) is 0 Å². The van der Waals surface area contributed by atoms with Crippen LogP contribution in [0.15, 0.2) is 0 Å². The second-order valence-electron chi connectivity index (χ2n) is 3.96. The Bertz CT molecular complexity index is 413. The molecule has 1 atom stereocenters. The van der Waals surface area contributed by atoms with Crippen molar-refractivity contribution in [2.75, 3.05) is 13.2 Å². The Morgan fingerprint density at radius 3 is 2.28 bits per heavy atom. The van der Waals surface area contributed by atoms with Gasteiger partial charge < -0.3 is 14.9 Å². The highest BCUT2D eigenvalue weighted by Crippen LogP contribution is 2.15. The van der Waals surface area contributed by atoms with Gasteiger partial charge in [0, 0.05) is 13.2 Å². The lowest BCUT2D eigenvalue weighted by Gasteiger charge is -2.24. The van der Waals surface area contributed by atoms with Crippen molar-refractivity contribution in [3.63, 3.8) is 0 Å². The van der Waals surface area contributed by atoms with Gasteiger partial charge in [-0.05, 0) is 12.8 Å². The SMILES string of the molecule is O=C(O)C[C@@H](NS(=O)(=O)C1CCOCC1)C(=O)O. The third-order valence-corrected chi connectivity index (χ3v) is 4.55. The van der Waals surface area contributed by atoms with Gasteiger partial charge in [0.2, 0.25) is 10.0 Å². The minimum Gasteiger partial charge on any atom is -0.481 e. The van der Waals surface area contributed by atoms with Gasteiger partial charge in [-0.25, -0.2) is 13.1 Å². The first-order valence-electron chi connectivity index (χ1n) is 5.36. The van der Waals surface area contributed by atoms with E-state index >= 15 is 0 Å². The Hall–Kier alpha value is -1.19.